The fourth-order valence-corrected chi connectivity index (χ4v) is 2.69. The normalized spacial score (nSPS) is 11.0. The molecule has 10 heteroatoms. The Balaban J connectivity index is 2.58. The van der Waals surface area contributed by atoms with Crippen molar-refractivity contribution in [2.45, 2.75) is 11.8 Å². The van der Waals surface area contributed by atoms with Crippen LogP contribution in [0, 0.1) is 6.92 Å². The monoisotopic (exact) mass is 357 g/mol. The molecule has 0 bridgehead atoms. The second-order valence-corrected chi connectivity index (χ2v) is 6.91. The largest absolute Gasteiger partial charge is 0.455 e. The van der Waals surface area contributed by atoms with Gasteiger partial charge in [-0.2, -0.15) is 4.31 Å². The summed E-state index contributed by atoms with van der Waals surface area (Å²) in [6, 6.07) is 5.41. The van der Waals surface area contributed by atoms with E-state index < -0.39 is 41.1 Å². The van der Waals surface area contributed by atoms with Crippen molar-refractivity contribution in [1.82, 2.24) is 14.9 Å². The van der Waals surface area contributed by atoms with Gasteiger partial charge < -0.3 is 10.1 Å². The van der Waals surface area contributed by atoms with Crippen molar-refractivity contribution >= 4 is 27.9 Å². The van der Waals surface area contributed by atoms with Gasteiger partial charge in [0, 0.05) is 14.1 Å². The number of carbonyl (C=O) groups excluding carboxylic acids is 3. The molecule has 24 heavy (non-hydrogen) atoms. The van der Waals surface area contributed by atoms with Crippen molar-refractivity contribution in [2.24, 2.45) is 0 Å². The SMILES string of the molecule is CNC(=O)NC(=O)COC(=O)CN(C)S(=O)(=O)c1ccc(C)cc1. The molecule has 0 saturated carbocycles. The lowest BCUT2D eigenvalue weighted by molar-refractivity contribution is -0.148. The van der Waals surface area contributed by atoms with E-state index in [0.29, 0.717) is 0 Å². The number of nitrogens with one attached hydrogen (secondary N) is 2. The number of likely N-dealkylation sites (N-methyl/N-ethyl adjacent to an activating group) is 1. The van der Waals surface area contributed by atoms with Gasteiger partial charge in [0.2, 0.25) is 10.0 Å². The average Bonchev–Trinajstić information content (AvgIpc) is 2.53. The van der Waals surface area contributed by atoms with E-state index in [1.165, 1.54) is 26.2 Å². The van der Waals surface area contributed by atoms with Crippen LogP contribution in [0.15, 0.2) is 29.2 Å². The van der Waals surface area contributed by atoms with Crippen molar-refractivity contribution in [3.05, 3.63) is 29.8 Å². The van der Waals surface area contributed by atoms with Crippen LogP contribution in [0.25, 0.3) is 0 Å². The summed E-state index contributed by atoms with van der Waals surface area (Å²) < 4.78 is 30.0. The highest BCUT2D eigenvalue weighted by molar-refractivity contribution is 7.89. The molecule has 0 fully saturated rings. The molecule has 1 aromatic rings. The molecule has 0 atom stereocenters. The van der Waals surface area contributed by atoms with E-state index >= 15 is 0 Å². The van der Waals surface area contributed by atoms with Crippen LogP contribution < -0.4 is 10.6 Å². The van der Waals surface area contributed by atoms with Gasteiger partial charge in [-0.05, 0) is 19.1 Å². The van der Waals surface area contributed by atoms with Gasteiger partial charge in [0.25, 0.3) is 5.91 Å². The Kier molecular flexibility index (Phi) is 6.86. The number of nitrogens with zero attached hydrogens (tertiary/aromatic N) is 1. The van der Waals surface area contributed by atoms with Gasteiger partial charge in [-0.1, -0.05) is 17.7 Å². The van der Waals surface area contributed by atoms with Crippen LogP contribution >= 0.6 is 0 Å². The van der Waals surface area contributed by atoms with Gasteiger partial charge in [-0.3, -0.25) is 14.9 Å². The topological polar surface area (TPSA) is 122 Å². The maximum Gasteiger partial charge on any atom is 0.321 e. The van der Waals surface area contributed by atoms with Crippen LogP contribution in [0.5, 0.6) is 0 Å². The molecule has 0 unspecified atom stereocenters. The second-order valence-electron chi connectivity index (χ2n) is 4.86. The molecule has 0 aliphatic rings. The minimum atomic E-state index is -3.84. The average molecular weight is 357 g/mol. The van der Waals surface area contributed by atoms with E-state index in [1.54, 1.807) is 12.1 Å². The number of amides is 3. The van der Waals surface area contributed by atoms with Gasteiger partial charge in [0.05, 0.1) is 4.90 Å². The molecule has 0 heterocycles. The second kappa shape index (κ2) is 8.41. The molecule has 1 aromatic carbocycles. The van der Waals surface area contributed by atoms with E-state index in [2.05, 4.69) is 10.1 Å². The standard InChI is InChI=1S/C14H19N3O6S/c1-10-4-6-11(7-5-10)24(21,22)17(3)8-13(19)23-9-12(18)16-14(20)15-2/h4-7H,8-9H2,1-3H3,(H2,15,16,18,20). The van der Waals surface area contributed by atoms with Crippen molar-refractivity contribution in [1.29, 1.82) is 0 Å². The number of hydrogen-bond donors (Lipinski definition) is 2. The Morgan fingerprint density at radius 1 is 1.17 bits per heavy atom. The Hall–Kier alpha value is -2.46. The summed E-state index contributed by atoms with van der Waals surface area (Å²) in [6.45, 7) is 0.565. The number of rotatable bonds is 6. The van der Waals surface area contributed by atoms with E-state index in [1.807, 2.05) is 12.2 Å². The highest BCUT2D eigenvalue weighted by Gasteiger charge is 2.23. The van der Waals surface area contributed by atoms with Crippen molar-refractivity contribution < 1.29 is 27.5 Å². The third-order valence-corrected chi connectivity index (χ3v) is 4.74. The molecule has 0 aliphatic carbocycles. The van der Waals surface area contributed by atoms with E-state index in [4.69, 9.17) is 0 Å². The molecule has 9 nitrogen and oxygen atoms in total. The summed E-state index contributed by atoms with van der Waals surface area (Å²) >= 11 is 0. The predicted molar refractivity (Wildman–Crippen MR) is 84.6 cm³/mol. The van der Waals surface area contributed by atoms with Crippen LogP contribution in [0.1, 0.15) is 5.56 Å². The first-order valence-corrected chi connectivity index (χ1v) is 8.31. The Labute approximate surface area is 140 Å². The first kappa shape index (κ1) is 19.6. The molecule has 0 radical (unpaired) electrons. The van der Waals surface area contributed by atoms with E-state index in [9.17, 15) is 22.8 Å². The van der Waals surface area contributed by atoms with Gasteiger partial charge in [-0.25, -0.2) is 13.2 Å². The van der Waals surface area contributed by atoms with Crippen molar-refractivity contribution in [3.8, 4) is 0 Å². The lowest BCUT2D eigenvalue weighted by Gasteiger charge is -2.16. The number of urea groups is 1. The molecule has 0 aromatic heterocycles. The number of aryl methyl sites for hydroxylation is 1. The zero-order chi connectivity index (χ0) is 18.3. The fourth-order valence-electron chi connectivity index (χ4n) is 1.57. The maximum atomic E-state index is 12.3. The summed E-state index contributed by atoms with van der Waals surface area (Å²) in [4.78, 5) is 33.8. The highest BCUT2D eigenvalue weighted by atomic mass is 32.2. The number of imide groups is 1. The number of sulfonamides is 1. The summed E-state index contributed by atoms with van der Waals surface area (Å²) in [5.41, 5.74) is 0.901. The summed E-state index contributed by atoms with van der Waals surface area (Å²) in [7, 11) is -1.30. The molecule has 132 valence electrons. The van der Waals surface area contributed by atoms with Crippen LogP contribution in [0.2, 0.25) is 0 Å². The quantitative estimate of drug-likeness (QED) is 0.669. The third kappa shape index (κ3) is 5.63. The summed E-state index contributed by atoms with van der Waals surface area (Å²) in [6.07, 6.45) is 0. The molecule has 3 amide bonds. The van der Waals surface area contributed by atoms with Crippen LogP contribution in [0.3, 0.4) is 0 Å². The molecule has 2 N–H and O–H groups in total. The number of ether oxygens (including phenoxy) is 1. The molecular weight excluding hydrogens is 338 g/mol. The number of benzene rings is 1. The van der Waals surface area contributed by atoms with Gasteiger partial charge in [-0.15, -0.1) is 0 Å². The minimum absolute atomic E-state index is 0.0424. The smallest absolute Gasteiger partial charge is 0.321 e. The minimum Gasteiger partial charge on any atom is -0.455 e. The highest BCUT2D eigenvalue weighted by Crippen LogP contribution is 2.14. The molecule has 0 saturated heterocycles. The van der Waals surface area contributed by atoms with Crippen molar-refractivity contribution in [2.75, 3.05) is 27.2 Å². The first-order valence-electron chi connectivity index (χ1n) is 6.87. The van der Waals surface area contributed by atoms with Crippen molar-refractivity contribution in [3.63, 3.8) is 0 Å². The molecule has 1 rings (SSSR count). The molecule has 0 spiro atoms. The lowest BCUT2D eigenvalue weighted by Crippen LogP contribution is -2.40. The number of carbonyl (C=O) groups is 3. The Bertz CT molecular complexity index is 715. The molecule has 0 aliphatic heterocycles. The number of hydrogen-bond acceptors (Lipinski definition) is 6. The number of esters is 1. The molecular formula is C14H19N3O6S. The predicted octanol–water partition coefficient (Wildman–Crippen LogP) is -0.386. The Morgan fingerprint density at radius 2 is 1.75 bits per heavy atom. The Morgan fingerprint density at radius 3 is 2.29 bits per heavy atom. The fraction of sp³-hybridized carbons (Fsp3) is 0.357. The van der Waals surface area contributed by atoms with Crippen LogP contribution in [-0.2, 0) is 24.3 Å². The summed E-state index contributed by atoms with van der Waals surface area (Å²) in [5.74, 6) is -1.74. The zero-order valence-electron chi connectivity index (χ0n) is 13.5. The van der Waals surface area contributed by atoms with Crippen LogP contribution in [0.4, 0.5) is 4.79 Å². The van der Waals surface area contributed by atoms with Gasteiger partial charge >= 0.3 is 12.0 Å². The van der Waals surface area contributed by atoms with Gasteiger partial charge in [0.1, 0.15) is 6.54 Å². The van der Waals surface area contributed by atoms with E-state index in [-0.39, 0.29) is 4.90 Å². The van der Waals surface area contributed by atoms with Crippen LogP contribution in [-0.4, -0.2) is 57.9 Å². The first-order chi connectivity index (χ1) is 11.2. The van der Waals surface area contributed by atoms with Gasteiger partial charge in [0.15, 0.2) is 6.61 Å². The maximum absolute atomic E-state index is 12.3. The lowest BCUT2D eigenvalue weighted by atomic mass is 10.2. The zero-order valence-corrected chi connectivity index (χ0v) is 14.3. The summed E-state index contributed by atoms with van der Waals surface area (Å²) in [5, 5.41) is 4.06. The third-order valence-electron chi connectivity index (χ3n) is 2.93. The van der Waals surface area contributed by atoms with E-state index in [0.717, 1.165) is 9.87 Å².